The second kappa shape index (κ2) is 14.6. The van der Waals surface area contributed by atoms with Gasteiger partial charge < -0.3 is 15.2 Å². The van der Waals surface area contributed by atoms with E-state index in [2.05, 4.69) is 113 Å². The highest BCUT2D eigenvalue weighted by Crippen LogP contribution is 2.42. The predicted octanol–water partition coefficient (Wildman–Crippen LogP) is 7.20. The van der Waals surface area contributed by atoms with Crippen LogP contribution in [0.3, 0.4) is 0 Å². The lowest BCUT2D eigenvalue weighted by Gasteiger charge is -2.32. The summed E-state index contributed by atoms with van der Waals surface area (Å²) in [7, 11) is 4.17. The van der Waals surface area contributed by atoms with Crippen LogP contribution in [0.5, 0.6) is 5.75 Å². The smallest absolute Gasteiger partial charge is 0.224 e. The lowest BCUT2D eigenvalue weighted by Crippen LogP contribution is -2.37. The van der Waals surface area contributed by atoms with Crippen LogP contribution in [-0.2, 0) is 22.3 Å². The molecule has 2 aliphatic rings. The number of likely N-dealkylation sites (tertiary alicyclic amines) is 1. The number of ether oxygens (including phenoxy) is 1. The minimum absolute atomic E-state index is 0.0291. The number of aliphatic hydroxyl groups is 1. The number of nitrogens with one attached hydrogen (secondary N) is 1. The number of aromatic nitrogens is 3. The number of nitrogens with zero attached hydrogens (tertiary/aromatic N) is 5. The van der Waals surface area contributed by atoms with Crippen LogP contribution in [-0.4, -0.2) is 69.2 Å². The van der Waals surface area contributed by atoms with Crippen molar-refractivity contribution in [2.24, 2.45) is 0 Å². The Labute approximate surface area is 291 Å². The summed E-state index contributed by atoms with van der Waals surface area (Å²) in [5, 5.41) is 21.6. The van der Waals surface area contributed by atoms with E-state index in [0.717, 1.165) is 73.5 Å². The molecule has 0 radical (unpaired) electrons. The summed E-state index contributed by atoms with van der Waals surface area (Å²) in [5.74, 6) is 2.24. The average Bonchev–Trinajstić information content (AvgIpc) is 3.64. The second-order valence-electron chi connectivity index (χ2n) is 15.5. The van der Waals surface area contributed by atoms with Crippen LogP contribution in [0.4, 0.5) is 5.69 Å². The van der Waals surface area contributed by atoms with Gasteiger partial charge in [0.2, 0.25) is 5.91 Å². The summed E-state index contributed by atoms with van der Waals surface area (Å²) >= 11 is 0. The van der Waals surface area contributed by atoms with Gasteiger partial charge in [-0.2, -0.15) is 0 Å². The topological polar surface area (TPSA) is 95.2 Å². The van der Waals surface area contributed by atoms with Crippen LogP contribution in [0.25, 0.3) is 5.65 Å². The number of hydrogen-bond donors (Lipinski definition) is 2. The van der Waals surface area contributed by atoms with Gasteiger partial charge in [0.25, 0.3) is 0 Å². The van der Waals surface area contributed by atoms with Gasteiger partial charge in [-0.05, 0) is 124 Å². The Morgan fingerprint density at radius 2 is 1.90 bits per heavy atom. The standard InChI is InChI=1S/C40H54N6O3/c1-39(2,3)30-23-28(26-44(5)21-22-47)24-31(25-30)41-37(48)14-9-11-29-15-17-35(34-13-8-7-12-33(29)34)49-32-16-18-36-42-43-38(46(36)27-32)40(4)19-10-20-45(40)6/h7-8,12-13,16,18,23-25,27,29,35,47H,9-11,14-15,17,19-22,26H2,1-6H3,(H,41,48)/t29-,35+,40-/m0/s1. The molecule has 4 aromatic rings. The number of amides is 1. The number of aliphatic hydroxyl groups excluding tert-OH is 1. The number of fused-ring (bicyclic) bond motifs is 2. The Morgan fingerprint density at radius 3 is 2.63 bits per heavy atom. The molecule has 1 saturated heterocycles. The molecule has 1 fully saturated rings. The molecule has 9 nitrogen and oxygen atoms in total. The van der Waals surface area contributed by atoms with Gasteiger partial charge in [-0.3, -0.25) is 19.0 Å². The molecule has 0 bridgehead atoms. The van der Waals surface area contributed by atoms with E-state index in [4.69, 9.17) is 4.74 Å². The number of anilines is 1. The van der Waals surface area contributed by atoms with Crippen molar-refractivity contribution in [2.45, 2.75) is 102 Å². The molecule has 2 N–H and O–H groups in total. The number of rotatable bonds is 12. The molecule has 1 aliphatic heterocycles. The zero-order valence-electron chi connectivity index (χ0n) is 30.2. The third-order valence-corrected chi connectivity index (χ3v) is 10.7. The summed E-state index contributed by atoms with van der Waals surface area (Å²) in [6.07, 6.45) is 8.44. The third-order valence-electron chi connectivity index (χ3n) is 10.7. The number of hydrogen-bond acceptors (Lipinski definition) is 7. The fraction of sp³-hybridized carbons (Fsp3) is 0.525. The Kier molecular flexibility index (Phi) is 10.4. The van der Waals surface area contributed by atoms with Gasteiger partial charge in [0, 0.05) is 25.2 Å². The van der Waals surface area contributed by atoms with Gasteiger partial charge in [-0.15, -0.1) is 10.2 Å². The largest absolute Gasteiger partial charge is 0.484 e. The van der Waals surface area contributed by atoms with Crippen molar-refractivity contribution in [2.75, 3.05) is 39.1 Å². The van der Waals surface area contributed by atoms with Gasteiger partial charge in [-0.1, -0.05) is 51.1 Å². The van der Waals surface area contributed by atoms with Gasteiger partial charge in [0.1, 0.15) is 11.9 Å². The Balaban J connectivity index is 1.09. The van der Waals surface area contributed by atoms with Gasteiger partial charge in [-0.25, -0.2) is 0 Å². The van der Waals surface area contributed by atoms with Crippen LogP contribution in [0.2, 0.25) is 0 Å². The molecule has 6 rings (SSSR count). The van der Waals surface area contributed by atoms with Gasteiger partial charge in [0.05, 0.1) is 18.3 Å². The van der Waals surface area contributed by atoms with Crippen molar-refractivity contribution in [3.8, 4) is 5.75 Å². The Morgan fingerprint density at radius 1 is 1.10 bits per heavy atom. The molecule has 3 atom stereocenters. The molecular weight excluding hydrogens is 612 g/mol. The van der Waals surface area contributed by atoms with Gasteiger partial charge >= 0.3 is 0 Å². The van der Waals surface area contributed by atoms with Crippen LogP contribution in [0, 0.1) is 0 Å². The quantitative estimate of drug-likeness (QED) is 0.165. The minimum Gasteiger partial charge on any atom is -0.484 e. The molecule has 1 amide bonds. The Hall–Kier alpha value is -3.79. The molecule has 2 aromatic heterocycles. The lowest BCUT2D eigenvalue weighted by atomic mass is 9.79. The first kappa shape index (κ1) is 35.1. The van der Waals surface area contributed by atoms with Crippen molar-refractivity contribution >= 4 is 17.2 Å². The van der Waals surface area contributed by atoms with Gasteiger partial charge in [0.15, 0.2) is 11.5 Å². The molecule has 3 heterocycles. The molecule has 2 aromatic carbocycles. The molecule has 0 saturated carbocycles. The summed E-state index contributed by atoms with van der Waals surface area (Å²) in [4.78, 5) is 17.6. The van der Waals surface area contributed by atoms with Crippen LogP contribution < -0.4 is 10.1 Å². The summed E-state index contributed by atoms with van der Waals surface area (Å²) in [6.45, 7) is 11.3. The van der Waals surface area contributed by atoms with Crippen molar-refractivity contribution in [3.05, 3.63) is 88.9 Å². The highest BCUT2D eigenvalue weighted by atomic mass is 16.5. The van der Waals surface area contributed by atoms with E-state index in [1.54, 1.807) is 0 Å². The van der Waals surface area contributed by atoms with Crippen molar-refractivity contribution < 1.29 is 14.6 Å². The highest BCUT2D eigenvalue weighted by molar-refractivity contribution is 5.90. The molecule has 0 spiro atoms. The monoisotopic (exact) mass is 666 g/mol. The van der Waals surface area contributed by atoms with Crippen LogP contribution >= 0.6 is 0 Å². The summed E-state index contributed by atoms with van der Waals surface area (Å²) in [6, 6.07) is 19.0. The predicted molar refractivity (Wildman–Crippen MR) is 195 cm³/mol. The fourth-order valence-corrected chi connectivity index (χ4v) is 7.70. The Bertz CT molecular complexity index is 1760. The normalized spacial score (nSPS) is 21.3. The van der Waals surface area contributed by atoms with Crippen molar-refractivity contribution in [1.82, 2.24) is 24.4 Å². The molecule has 9 heteroatoms. The number of pyridine rings is 1. The number of carbonyl (C=O) groups excluding carboxylic acids is 1. The first-order chi connectivity index (χ1) is 23.4. The van der Waals surface area contributed by atoms with Crippen LogP contribution in [0.15, 0.2) is 60.8 Å². The fourth-order valence-electron chi connectivity index (χ4n) is 7.70. The SMILES string of the molecule is CN(CCO)Cc1cc(NC(=O)CCC[C@H]2CC[C@@H](Oc3ccc4nnc([C@]5(C)CCCN5C)n4c3)c3ccccc32)cc(C(C)(C)C)c1. The van der Waals surface area contributed by atoms with E-state index < -0.39 is 0 Å². The van der Waals surface area contributed by atoms with E-state index >= 15 is 0 Å². The second-order valence-corrected chi connectivity index (χ2v) is 15.5. The van der Waals surface area contributed by atoms with E-state index in [0.29, 0.717) is 25.4 Å². The maximum Gasteiger partial charge on any atom is 0.224 e. The van der Waals surface area contributed by atoms with E-state index in [1.807, 2.05) is 19.2 Å². The third kappa shape index (κ3) is 7.84. The average molecular weight is 667 g/mol. The lowest BCUT2D eigenvalue weighted by molar-refractivity contribution is -0.116. The van der Waals surface area contributed by atoms with Crippen molar-refractivity contribution in [3.63, 3.8) is 0 Å². The first-order valence-electron chi connectivity index (χ1n) is 18.0. The maximum absolute atomic E-state index is 13.2. The summed E-state index contributed by atoms with van der Waals surface area (Å²) < 4.78 is 8.81. The molecule has 49 heavy (non-hydrogen) atoms. The maximum atomic E-state index is 13.2. The number of carbonyl (C=O) groups is 1. The molecule has 262 valence electrons. The summed E-state index contributed by atoms with van der Waals surface area (Å²) in [5.41, 5.74) is 6.39. The number of likely N-dealkylation sites (N-methyl/N-ethyl adjacent to an activating group) is 1. The van der Waals surface area contributed by atoms with E-state index in [1.165, 1.54) is 16.7 Å². The molecule has 0 unspecified atom stereocenters. The van der Waals surface area contributed by atoms with Crippen LogP contribution in [0.1, 0.15) is 113 Å². The zero-order valence-corrected chi connectivity index (χ0v) is 30.2. The van der Waals surface area contributed by atoms with E-state index in [-0.39, 0.29) is 29.6 Å². The zero-order chi connectivity index (χ0) is 34.8. The first-order valence-corrected chi connectivity index (χ1v) is 18.0. The highest BCUT2D eigenvalue weighted by Gasteiger charge is 2.39. The molecule has 1 aliphatic carbocycles. The number of benzene rings is 2. The van der Waals surface area contributed by atoms with Crippen molar-refractivity contribution in [1.29, 1.82) is 0 Å². The van der Waals surface area contributed by atoms with E-state index in [9.17, 15) is 9.90 Å². The minimum atomic E-state index is -0.142. The molecular formula is C40H54N6O3.